The lowest BCUT2D eigenvalue weighted by molar-refractivity contribution is 0.629. The molecule has 0 saturated heterocycles. The Morgan fingerprint density at radius 2 is 2.11 bits per heavy atom. The molecule has 2 aromatic heterocycles. The number of hydrogen-bond acceptors (Lipinski definition) is 3. The Balaban J connectivity index is 2.30. The third kappa shape index (κ3) is 1.59. The van der Waals surface area contributed by atoms with Crippen LogP contribution in [0.4, 0.5) is 9.39 Å². The number of imidazole rings is 1. The summed E-state index contributed by atoms with van der Waals surface area (Å²) in [6.07, 6.45) is 0. The van der Waals surface area contributed by atoms with Gasteiger partial charge in [0, 0.05) is 13.1 Å². The van der Waals surface area contributed by atoms with E-state index in [0.717, 1.165) is 26.8 Å². The van der Waals surface area contributed by atoms with Crippen LogP contribution in [-0.4, -0.2) is 9.55 Å². The van der Waals surface area contributed by atoms with E-state index < -0.39 is 0 Å². The first-order valence-corrected chi connectivity index (χ1v) is 6.36. The first-order chi connectivity index (χ1) is 8.56. The van der Waals surface area contributed by atoms with Crippen LogP contribution in [0.5, 0.6) is 0 Å². The molecule has 0 spiro atoms. The molecule has 0 atom stereocenters. The van der Waals surface area contributed by atoms with Crippen LogP contribution < -0.4 is 5.73 Å². The number of aromatic nitrogens is 2. The molecular weight excluding hydrogens is 249 g/mol. The Morgan fingerprint density at radius 1 is 1.33 bits per heavy atom. The number of anilines is 1. The van der Waals surface area contributed by atoms with Gasteiger partial charge in [-0.3, -0.25) is 0 Å². The van der Waals surface area contributed by atoms with E-state index in [1.54, 1.807) is 6.07 Å². The van der Waals surface area contributed by atoms with Gasteiger partial charge in [-0.25, -0.2) is 9.37 Å². The van der Waals surface area contributed by atoms with Crippen molar-refractivity contribution < 1.29 is 4.39 Å². The number of hydrogen-bond donors (Lipinski definition) is 1. The predicted molar refractivity (Wildman–Crippen MR) is 73.1 cm³/mol. The van der Waals surface area contributed by atoms with Crippen molar-refractivity contribution in [2.45, 2.75) is 6.92 Å². The van der Waals surface area contributed by atoms with Gasteiger partial charge in [0.15, 0.2) is 5.82 Å². The van der Waals surface area contributed by atoms with Crippen LogP contribution in [0.3, 0.4) is 0 Å². The van der Waals surface area contributed by atoms with Crippen molar-refractivity contribution in [3.63, 3.8) is 0 Å². The number of halogens is 1. The number of aryl methyl sites for hydroxylation is 2. The Hall–Kier alpha value is -1.88. The summed E-state index contributed by atoms with van der Waals surface area (Å²) in [7, 11) is 1.93. The quantitative estimate of drug-likeness (QED) is 0.730. The zero-order chi connectivity index (χ0) is 12.9. The zero-order valence-corrected chi connectivity index (χ0v) is 10.9. The second-order valence-electron chi connectivity index (χ2n) is 4.29. The van der Waals surface area contributed by atoms with Crippen LogP contribution in [0, 0.1) is 12.7 Å². The Morgan fingerprint density at radius 3 is 2.78 bits per heavy atom. The molecular formula is C13H12FN3S. The highest BCUT2D eigenvalue weighted by molar-refractivity contribution is 7.19. The monoisotopic (exact) mass is 261 g/mol. The molecule has 0 amide bonds. The van der Waals surface area contributed by atoms with E-state index in [1.807, 2.05) is 24.6 Å². The Bertz CT molecular complexity index is 742. The van der Waals surface area contributed by atoms with Gasteiger partial charge in [-0.1, -0.05) is 0 Å². The maximum Gasteiger partial charge on any atom is 0.151 e. The van der Waals surface area contributed by atoms with Crippen molar-refractivity contribution in [1.82, 2.24) is 9.55 Å². The second kappa shape index (κ2) is 3.81. The standard InChI is InChI=1S/C13H12FN3S/c1-7-5-11(15)18-12(7)13-16-9-6-8(14)3-4-10(9)17(13)2/h3-6H,15H2,1-2H3. The van der Waals surface area contributed by atoms with Gasteiger partial charge in [0.2, 0.25) is 0 Å². The number of rotatable bonds is 1. The highest BCUT2D eigenvalue weighted by Crippen LogP contribution is 2.34. The van der Waals surface area contributed by atoms with E-state index in [-0.39, 0.29) is 5.82 Å². The maximum absolute atomic E-state index is 13.2. The van der Waals surface area contributed by atoms with Crippen molar-refractivity contribution in [2.24, 2.45) is 7.05 Å². The number of nitrogens with zero attached hydrogens (tertiary/aromatic N) is 2. The number of fused-ring (bicyclic) bond motifs is 1. The molecule has 0 aliphatic carbocycles. The molecule has 0 aliphatic rings. The molecule has 5 heteroatoms. The van der Waals surface area contributed by atoms with Crippen LogP contribution in [0.1, 0.15) is 5.56 Å². The van der Waals surface area contributed by atoms with Crippen molar-refractivity contribution in [3.05, 3.63) is 35.6 Å². The number of nitrogens with two attached hydrogens (primary N) is 1. The summed E-state index contributed by atoms with van der Waals surface area (Å²) in [6.45, 7) is 2.00. The number of thiophene rings is 1. The van der Waals surface area contributed by atoms with Gasteiger partial charge in [0.25, 0.3) is 0 Å². The fourth-order valence-corrected chi connectivity index (χ4v) is 3.07. The highest BCUT2D eigenvalue weighted by Gasteiger charge is 2.14. The van der Waals surface area contributed by atoms with Crippen LogP contribution in [0.25, 0.3) is 21.7 Å². The van der Waals surface area contributed by atoms with E-state index in [2.05, 4.69) is 4.98 Å². The number of benzene rings is 1. The largest absolute Gasteiger partial charge is 0.391 e. The molecule has 3 aromatic rings. The Kier molecular flexibility index (Phi) is 2.38. The van der Waals surface area contributed by atoms with Crippen LogP contribution in [0.2, 0.25) is 0 Å². The lowest BCUT2D eigenvalue weighted by atomic mass is 10.3. The van der Waals surface area contributed by atoms with Gasteiger partial charge in [-0.2, -0.15) is 0 Å². The molecule has 3 rings (SSSR count). The predicted octanol–water partition coefficient (Wildman–Crippen LogP) is 3.33. The first kappa shape index (κ1) is 11.2. The molecule has 2 heterocycles. The minimum Gasteiger partial charge on any atom is -0.391 e. The molecule has 1 aromatic carbocycles. The van der Waals surface area contributed by atoms with E-state index in [9.17, 15) is 4.39 Å². The van der Waals surface area contributed by atoms with Gasteiger partial charge >= 0.3 is 0 Å². The van der Waals surface area contributed by atoms with E-state index >= 15 is 0 Å². The molecule has 0 bridgehead atoms. The first-order valence-electron chi connectivity index (χ1n) is 5.54. The van der Waals surface area contributed by atoms with Crippen molar-refractivity contribution >= 4 is 27.4 Å². The normalized spacial score (nSPS) is 11.3. The van der Waals surface area contributed by atoms with Gasteiger partial charge in [0.05, 0.1) is 20.9 Å². The molecule has 92 valence electrons. The summed E-state index contributed by atoms with van der Waals surface area (Å²) in [4.78, 5) is 5.53. The van der Waals surface area contributed by atoms with Crippen molar-refractivity contribution in [1.29, 1.82) is 0 Å². The maximum atomic E-state index is 13.2. The van der Waals surface area contributed by atoms with Gasteiger partial charge in [-0.15, -0.1) is 11.3 Å². The summed E-state index contributed by atoms with van der Waals surface area (Å²) in [5, 5.41) is 0.765. The molecule has 0 fully saturated rings. The lowest BCUT2D eigenvalue weighted by Gasteiger charge is -2.00. The number of nitrogen functional groups attached to an aromatic ring is 1. The molecule has 0 radical (unpaired) electrons. The van der Waals surface area contributed by atoms with E-state index in [0.29, 0.717) is 5.52 Å². The van der Waals surface area contributed by atoms with Crippen LogP contribution >= 0.6 is 11.3 Å². The lowest BCUT2D eigenvalue weighted by Crippen LogP contribution is -1.91. The molecule has 0 unspecified atom stereocenters. The molecule has 0 aliphatic heterocycles. The van der Waals surface area contributed by atoms with E-state index in [4.69, 9.17) is 5.73 Å². The average Bonchev–Trinajstić information content (AvgIpc) is 2.79. The minimum absolute atomic E-state index is 0.269. The van der Waals surface area contributed by atoms with Gasteiger partial charge < -0.3 is 10.3 Å². The van der Waals surface area contributed by atoms with Crippen LogP contribution in [0.15, 0.2) is 24.3 Å². The summed E-state index contributed by atoms with van der Waals surface area (Å²) in [5.41, 5.74) is 8.48. The van der Waals surface area contributed by atoms with Crippen molar-refractivity contribution in [3.8, 4) is 10.7 Å². The average molecular weight is 261 g/mol. The molecule has 3 nitrogen and oxygen atoms in total. The van der Waals surface area contributed by atoms with Gasteiger partial charge in [-0.05, 0) is 30.7 Å². The SMILES string of the molecule is Cc1cc(N)sc1-c1nc2cc(F)ccc2n1C. The van der Waals surface area contributed by atoms with E-state index in [1.165, 1.54) is 23.5 Å². The Labute approximate surface area is 108 Å². The van der Waals surface area contributed by atoms with Gasteiger partial charge in [0.1, 0.15) is 5.82 Å². The highest BCUT2D eigenvalue weighted by atomic mass is 32.1. The smallest absolute Gasteiger partial charge is 0.151 e. The second-order valence-corrected chi connectivity index (χ2v) is 5.37. The molecule has 0 saturated carbocycles. The van der Waals surface area contributed by atoms with Crippen LogP contribution in [-0.2, 0) is 7.05 Å². The third-order valence-corrected chi connectivity index (χ3v) is 4.05. The third-order valence-electron chi connectivity index (χ3n) is 2.98. The summed E-state index contributed by atoms with van der Waals surface area (Å²) < 4.78 is 15.2. The molecule has 2 N–H and O–H groups in total. The zero-order valence-electron chi connectivity index (χ0n) is 10.1. The summed E-state index contributed by atoms with van der Waals surface area (Å²) in [5.74, 6) is 0.560. The summed E-state index contributed by atoms with van der Waals surface area (Å²) >= 11 is 1.50. The fourth-order valence-electron chi connectivity index (χ4n) is 2.10. The summed E-state index contributed by atoms with van der Waals surface area (Å²) in [6, 6.07) is 6.57. The molecule has 18 heavy (non-hydrogen) atoms. The fraction of sp³-hybridized carbons (Fsp3) is 0.154. The van der Waals surface area contributed by atoms with Crippen molar-refractivity contribution in [2.75, 3.05) is 5.73 Å². The minimum atomic E-state index is -0.269. The topological polar surface area (TPSA) is 43.8 Å².